The SMILES string of the molecule is O=C(O)CCc1cccc(OC(=O)c2cccc(O)c2)c1. The van der Waals surface area contributed by atoms with E-state index in [1.165, 1.54) is 18.2 Å². The van der Waals surface area contributed by atoms with Crippen LogP contribution in [0, 0.1) is 0 Å². The van der Waals surface area contributed by atoms with Gasteiger partial charge in [-0.2, -0.15) is 0 Å². The normalized spacial score (nSPS) is 10.1. The fraction of sp³-hybridized carbons (Fsp3) is 0.125. The predicted octanol–water partition coefficient (Wildman–Crippen LogP) is 2.63. The number of phenols is 1. The van der Waals surface area contributed by atoms with Crippen LogP contribution in [0.15, 0.2) is 48.5 Å². The highest BCUT2D eigenvalue weighted by molar-refractivity contribution is 5.91. The summed E-state index contributed by atoms with van der Waals surface area (Å²) in [6, 6.07) is 12.6. The Kier molecular flexibility index (Phi) is 4.56. The maximum absolute atomic E-state index is 11.9. The molecule has 2 rings (SSSR count). The quantitative estimate of drug-likeness (QED) is 0.652. The Hall–Kier alpha value is -2.82. The third-order valence-electron chi connectivity index (χ3n) is 2.82. The molecule has 2 N–H and O–H groups in total. The Labute approximate surface area is 121 Å². The number of carbonyl (C=O) groups excluding carboxylic acids is 1. The van der Waals surface area contributed by atoms with Gasteiger partial charge in [-0.15, -0.1) is 0 Å². The first-order valence-corrected chi connectivity index (χ1v) is 6.36. The van der Waals surface area contributed by atoms with Crippen molar-refractivity contribution in [2.75, 3.05) is 0 Å². The first-order chi connectivity index (χ1) is 10.0. The summed E-state index contributed by atoms with van der Waals surface area (Å²) in [5, 5.41) is 18.0. The molecule has 0 atom stereocenters. The van der Waals surface area contributed by atoms with Crippen molar-refractivity contribution in [3.05, 3.63) is 59.7 Å². The maximum atomic E-state index is 11.9. The van der Waals surface area contributed by atoms with Crippen molar-refractivity contribution in [1.29, 1.82) is 0 Å². The van der Waals surface area contributed by atoms with Crippen LogP contribution in [0.2, 0.25) is 0 Å². The number of aryl methyl sites for hydroxylation is 1. The number of phenolic OH excluding ortho intramolecular Hbond substituents is 1. The molecule has 0 saturated heterocycles. The third kappa shape index (κ3) is 4.35. The van der Waals surface area contributed by atoms with E-state index in [-0.39, 0.29) is 17.7 Å². The van der Waals surface area contributed by atoms with E-state index in [1.807, 2.05) is 0 Å². The molecule has 5 heteroatoms. The zero-order chi connectivity index (χ0) is 15.2. The van der Waals surface area contributed by atoms with Gasteiger partial charge in [0.05, 0.1) is 5.56 Å². The van der Waals surface area contributed by atoms with Gasteiger partial charge in [0.1, 0.15) is 11.5 Å². The lowest BCUT2D eigenvalue weighted by Gasteiger charge is -2.06. The van der Waals surface area contributed by atoms with Crippen LogP contribution in [0.5, 0.6) is 11.5 Å². The van der Waals surface area contributed by atoms with Crippen LogP contribution in [0.1, 0.15) is 22.3 Å². The van der Waals surface area contributed by atoms with Gasteiger partial charge in [0, 0.05) is 6.42 Å². The lowest BCUT2D eigenvalue weighted by Crippen LogP contribution is -2.08. The van der Waals surface area contributed by atoms with Crippen molar-refractivity contribution >= 4 is 11.9 Å². The number of rotatable bonds is 5. The number of benzene rings is 2. The highest BCUT2D eigenvalue weighted by atomic mass is 16.5. The van der Waals surface area contributed by atoms with Crippen molar-refractivity contribution in [1.82, 2.24) is 0 Å². The second-order valence-corrected chi connectivity index (χ2v) is 4.48. The van der Waals surface area contributed by atoms with E-state index < -0.39 is 11.9 Å². The largest absolute Gasteiger partial charge is 0.508 e. The van der Waals surface area contributed by atoms with E-state index in [2.05, 4.69) is 0 Å². The van der Waals surface area contributed by atoms with Gasteiger partial charge in [0.25, 0.3) is 0 Å². The molecule has 2 aromatic carbocycles. The van der Waals surface area contributed by atoms with Crippen LogP contribution in [-0.2, 0) is 11.2 Å². The molecular formula is C16H14O5. The summed E-state index contributed by atoms with van der Waals surface area (Å²) >= 11 is 0. The minimum absolute atomic E-state index is 0.0142. The van der Waals surface area contributed by atoms with E-state index in [4.69, 9.17) is 9.84 Å². The van der Waals surface area contributed by atoms with Gasteiger partial charge in [0.15, 0.2) is 0 Å². The van der Waals surface area contributed by atoms with Crippen LogP contribution < -0.4 is 4.74 Å². The molecule has 0 aliphatic rings. The zero-order valence-electron chi connectivity index (χ0n) is 11.2. The zero-order valence-corrected chi connectivity index (χ0v) is 11.2. The molecule has 0 radical (unpaired) electrons. The molecule has 0 bridgehead atoms. The Morgan fingerprint density at radius 3 is 2.52 bits per heavy atom. The summed E-state index contributed by atoms with van der Waals surface area (Å²) in [5.74, 6) is -1.13. The van der Waals surface area contributed by atoms with E-state index in [0.717, 1.165) is 5.56 Å². The molecular weight excluding hydrogens is 272 g/mol. The van der Waals surface area contributed by atoms with E-state index >= 15 is 0 Å². The summed E-state index contributed by atoms with van der Waals surface area (Å²) in [6.07, 6.45) is 0.386. The maximum Gasteiger partial charge on any atom is 0.343 e. The monoisotopic (exact) mass is 286 g/mol. The number of esters is 1. The molecule has 2 aromatic rings. The molecule has 0 fully saturated rings. The number of hydrogen-bond donors (Lipinski definition) is 2. The number of aliphatic carboxylic acids is 1. The summed E-state index contributed by atoms with van der Waals surface area (Å²) in [5.41, 5.74) is 1.02. The minimum Gasteiger partial charge on any atom is -0.508 e. The number of aromatic hydroxyl groups is 1. The number of carbonyl (C=O) groups is 2. The smallest absolute Gasteiger partial charge is 0.343 e. The lowest BCUT2D eigenvalue weighted by atomic mass is 10.1. The van der Waals surface area contributed by atoms with Gasteiger partial charge in [-0.3, -0.25) is 4.79 Å². The summed E-state index contributed by atoms with van der Waals surface area (Å²) in [7, 11) is 0. The number of ether oxygens (including phenoxy) is 1. The molecule has 0 spiro atoms. The Balaban J connectivity index is 2.07. The van der Waals surface area contributed by atoms with Crippen molar-refractivity contribution in [2.24, 2.45) is 0 Å². The van der Waals surface area contributed by atoms with Gasteiger partial charge >= 0.3 is 11.9 Å². The fourth-order valence-electron chi connectivity index (χ4n) is 1.81. The van der Waals surface area contributed by atoms with Crippen LogP contribution >= 0.6 is 0 Å². The molecule has 0 saturated carbocycles. The fourth-order valence-corrected chi connectivity index (χ4v) is 1.81. The Morgan fingerprint density at radius 1 is 1.05 bits per heavy atom. The van der Waals surface area contributed by atoms with Gasteiger partial charge in [-0.25, -0.2) is 4.79 Å². The molecule has 0 aromatic heterocycles. The molecule has 21 heavy (non-hydrogen) atoms. The Morgan fingerprint density at radius 2 is 1.81 bits per heavy atom. The number of hydrogen-bond acceptors (Lipinski definition) is 4. The number of carboxylic acid groups (broad SMARTS) is 1. The number of carboxylic acids is 1. The standard InChI is InChI=1S/C16H14O5/c17-13-5-2-4-12(10-13)16(20)21-14-6-1-3-11(9-14)7-8-15(18)19/h1-6,9-10,17H,7-8H2,(H,18,19). The van der Waals surface area contributed by atoms with Gasteiger partial charge in [-0.1, -0.05) is 18.2 Å². The molecule has 5 nitrogen and oxygen atoms in total. The van der Waals surface area contributed by atoms with Crippen LogP contribution in [0.25, 0.3) is 0 Å². The van der Waals surface area contributed by atoms with E-state index in [9.17, 15) is 14.7 Å². The predicted molar refractivity (Wildman–Crippen MR) is 75.5 cm³/mol. The van der Waals surface area contributed by atoms with Gasteiger partial charge < -0.3 is 14.9 Å². The van der Waals surface area contributed by atoms with Crippen molar-refractivity contribution in [3.8, 4) is 11.5 Å². The van der Waals surface area contributed by atoms with Crippen LogP contribution in [0.4, 0.5) is 0 Å². The first-order valence-electron chi connectivity index (χ1n) is 6.36. The molecule has 108 valence electrons. The lowest BCUT2D eigenvalue weighted by molar-refractivity contribution is -0.136. The van der Waals surface area contributed by atoms with Gasteiger partial charge in [0.2, 0.25) is 0 Å². The topological polar surface area (TPSA) is 83.8 Å². The molecule has 0 aliphatic heterocycles. The molecule has 0 heterocycles. The second kappa shape index (κ2) is 6.56. The average molecular weight is 286 g/mol. The van der Waals surface area contributed by atoms with E-state index in [1.54, 1.807) is 30.3 Å². The summed E-state index contributed by atoms with van der Waals surface area (Å²) in [4.78, 5) is 22.5. The third-order valence-corrected chi connectivity index (χ3v) is 2.82. The molecule has 0 aliphatic carbocycles. The minimum atomic E-state index is -0.878. The highest BCUT2D eigenvalue weighted by Crippen LogP contribution is 2.18. The van der Waals surface area contributed by atoms with Crippen molar-refractivity contribution in [3.63, 3.8) is 0 Å². The van der Waals surface area contributed by atoms with Crippen LogP contribution in [0.3, 0.4) is 0 Å². The average Bonchev–Trinajstić information content (AvgIpc) is 2.45. The summed E-state index contributed by atoms with van der Waals surface area (Å²) < 4.78 is 5.21. The highest BCUT2D eigenvalue weighted by Gasteiger charge is 2.09. The molecule has 0 amide bonds. The van der Waals surface area contributed by atoms with E-state index in [0.29, 0.717) is 12.2 Å². The van der Waals surface area contributed by atoms with Crippen molar-refractivity contribution < 1.29 is 24.5 Å². The van der Waals surface area contributed by atoms with Crippen LogP contribution in [-0.4, -0.2) is 22.2 Å². The van der Waals surface area contributed by atoms with Gasteiger partial charge in [-0.05, 0) is 42.3 Å². The first kappa shape index (κ1) is 14.6. The summed E-state index contributed by atoms with van der Waals surface area (Å²) in [6.45, 7) is 0. The molecule has 0 unspecified atom stereocenters. The second-order valence-electron chi connectivity index (χ2n) is 4.48. The Bertz CT molecular complexity index is 663. The van der Waals surface area contributed by atoms with Crippen molar-refractivity contribution in [2.45, 2.75) is 12.8 Å².